The number of rotatable bonds is 0. The maximum absolute atomic E-state index is 9.22. The Hall–Kier alpha value is -0.313. The Kier molecular flexibility index (Phi) is 6.51. The SMILES string of the molecule is CC(N)=O.[Si]. The highest BCUT2D eigenvalue weighted by Gasteiger charge is 1.61. The molecule has 0 unspecified atom stereocenters. The lowest BCUT2D eigenvalue weighted by Gasteiger charge is -1.60. The maximum Gasteiger partial charge on any atom is 0.214 e. The van der Waals surface area contributed by atoms with Crippen molar-refractivity contribution in [1.82, 2.24) is 0 Å². The minimum absolute atomic E-state index is 0. The van der Waals surface area contributed by atoms with Crippen LogP contribution in [-0.4, -0.2) is 16.9 Å². The number of carbonyl (C=O) groups excluding carboxylic acids is 1. The Balaban J connectivity index is 0. The van der Waals surface area contributed by atoms with Crippen LogP contribution < -0.4 is 5.73 Å². The van der Waals surface area contributed by atoms with Crippen LogP contribution in [0.5, 0.6) is 0 Å². The molecule has 2 N–H and O–H groups in total. The summed E-state index contributed by atoms with van der Waals surface area (Å²) in [5.74, 6) is -0.333. The van der Waals surface area contributed by atoms with Crippen molar-refractivity contribution < 1.29 is 4.79 Å². The van der Waals surface area contributed by atoms with E-state index >= 15 is 0 Å². The van der Waals surface area contributed by atoms with Crippen LogP contribution in [0.25, 0.3) is 0 Å². The molecule has 0 aliphatic heterocycles. The summed E-state index contributed by atoms with van der Waals surface area (Å²) in [5.41, 5.74) is 4.47. The number of amides is 1. The molecule has 0 fully saturated rings. The van der Waals surface area contributed by atoms with Gasteiger partial charge >= 0.3 is 0 Å². The molecule has 1 amide bonds. The molecule has 5 heavy (non-hydrogen) atoms. The first kappa shape index (κ1) is 8.82. The fourth-order valence-corrected chi connectivity index (χ4v) is 0. The first-order valence-corrected chi connectivity index (χ1v) is 0.993. The van der Waals surface area contributed by atoms with Crippen LogP contribution in [-0.2, 0) is 4.79 Å². The van der Waals surface area contributed by atoms with Gasteiger partial charge in [0.1, 0.15) is 0 Å². The number of carbonyl (C=O) groups is 1. The third-order valence-corrected chi connectivity index (χ3v) is 0. The predicted molar refractivity (Wildman–Crippen MR) is 20.6 cm³/mol. The van der Waals surface area contributed by atoms with Gasteiger partial charge in [0, 0.05) is 17.9 Å². The molecule has 0 aliphatic rings. The average Bonchev–Trinajstić information content (AvgIpc) is 0.811. The minimum atomic E-state index is -0.333. The molecule has 0 saturated heterocycles. The highest BCUT2D eigenvalue weighted by atomic mass is 28.1. The van der Waals surface area contributed by atoms with Crippen molar-refractivity contribution in [3.63, 3.8) is 0 Å². The van der Waals surface area contributed by atoms with E-state index in [0.29, 0.717) is 0 Å². The van der Waals surface area contributed by atoms with Gasteiger partial charge in [-0.2, -0.15) is 0 Å². The monoisotopic (exact) mass is 87.0 g/mol. The van der Waals surface area contributed by atoms with Crippen LogP contribution in [0.4, 0.5) is 0 Å². The zero-order chi connectivity index (χ0) is 3.58. The number of primary amides is 1. The molecule has 0 aromatic carbocycles. The summed E-state index contributed by atoms with van der Waals surface area (Å²) in [7, 11) is 0. The largest absolute Gasteiger partial charge is 0.370 e. The van der Waals surface area contributed by atoms with Crippen LogP contribution in [0.15, 0.2) is 0 Å². The lowest BCUT2D eigenvalue weighted by Crippen LogP contribution is -2.01. The summed E-state index contributed by atoms with van der Waals surface area (Å²) < 4.78 is 0. The van der Waals surface area contributed by atoms with Gasteiger partial charge in [-0.05, 0) is 0 Å². The zero-order valence-corrected chi connectivity index (χ0v) is 3.99. The summed E-state index contributed by atoms with van der Waals surface area (Å²) in [4.78, 5) is 9.22. The smallest absolute Gasteiger partial charge is 0.214 e. The Labute approximate surface area is 35.4 Å². The highest BCUT2D eigenvalue weighted by molar-refractivity contribution is 5.75. The van der Waals surface area contributed by atoms with E-state index in [1.54, 1.807) is 0 Å². The minimum Gasteiger partial charge on any atom is -0.370 e. The van der Waals surface area contributed by atoms with Crippen molar-refractivity contribution in [2.24, 2.45) is 5.73 Å². The second kappa shape index (κ2) is 3.69. The van der Waals surface area contributed by atoms with E-state index in [4.69, 9.17) is 0 Å². The molecule has 2 nitrogen and oxygen atoms in total. The van der Waals surface area contributed by atoms with Crippen LogP contribution >= 0.6 is 0 Å². The molecule has 0 aromatic heterocycles. The highest BCUT2D eigenvalue weighted by Crippen LogP contribution is 1.33. The van der Waals surface area contributed by atoms with E-state index in [1.165, 1.54) is 6.92 Å². The van der Waals surface area contributed by atoms with E-state index in [2.05, 4.69) is 5.73 Å². The molecular formula is C2H5NOSi. The number of hydrogen-bond acceptors (Lipinski definition) is 1. The first-order chi connectivity index (χ1) is 1.73. The Morgan fingerprint density at radius 1 is 1.80 bits per heavy atom. The summed E-state index contributed by atoms with van der Waals surface area (Å²) in [6, 6.07) is 0. The molecule has 0 spiro atoms. The van der Waals surface area contributed by atoms with Crippen molar-refractivity contribution in [3.05, 3.63) is 0 Å². The second-order valence-electron chi connectivity index (χ2n) is 0.611. The van der Waals surface area contributed by atoms with E-state index in [-0.39, 0.29) is 16.9 Å². The molecule has 4 radical (unpaired) electrons. The van der Waals surface area contributed by atoms with Crippen LogP contribution in [0.2, 0.25) is 0 Å². The van der Waals surface area contributed by atoms with Crippen LogP contribution in [0.3, 0.4) is 0 Å². The van der Waals surface area contributed by atoms with E-state index in [9.17, 15) is 4.79 Å². The fourth-order valence-electron chi connectivity index (χ4n) is 0. The Morgan fingerprint density at radius 3 is 1.80 bits per heavy atom. The van der Waals surface area contributed by atoms with Gasteiger partial charge in [0.05, 0.1) is 0 Å². The lowest BCUT2D eigenvalue weighted by molar-refractivity contribution is -0.115. The quantitative estimate of drug-likeness (QED) is 0.383. The zero-order valence-electron chi connectivity index (χ0n) is 2.99. The van der Waals surface area contributed by atoms with Crippen LogP contribution in [0, 0.1) is 0 Å². The van der Waals surface area contributed by atoms with Gasteiger partial charge in [0.15, 0.2) is 0 Å². The van der Waals surface area contributed by atoms with Gasteiger partial charge in [0.2, 0.25) is 5.91 Å². The van der Waals surface area contributed by atoms with Gasteiger partial charge < -0.3 is 5.73 Å². The van der Waals surface area contributed by atoms with Gasteiger partial charge in [-0.1, -0.05) is 0 Å². The summed E-state index contributed by atoms with van der Waals surface area (Å²) in [6.45, 7) is 1.31. The molecule has 0 bridgehead atoms. The van der Waals surface area contributed by atoms with Crippen LogP contribution in [0.1, 0.15) is 6.92 Å². The summed E-state index contributed by atoms with van der Waals surface area (Å²) in [6.07, 6.45) is 0. The third kappa shape index (κ3) is 107. The van der Waals surface area contributed by atoms with Crippen molar-refractivity contribution in [1.29, 1.82) is 0 Å². The molecule has 3 heteroatoms. The predicted octanol–water partition coefficient (Wildman–Crippen LogP) is -0.889. The Bertz CT molecular complexity index is 32.6. The maximum atomic E-state index is 9.22. The standard InChI is InChI=1S/C2H5NO.Si/c1-2(3)4;/h1H3,(H2,3,4);. The second-order valence-corrected chi connectivity index (χ2v) is 0.611. The summed E-state index contributed by atoms with van der Waals surface area (Å²) >= 11 is 0. The van der Waals surface area contributed by atoms with E-state index < -0.39 is 0 Å². The molecule has 0 aliphatic carbocycles. The van der Waals surface area contributed by atoms with Crippen molar-refractivity contribution in [2.75, 3.05) is 0 Å². The topological polar surface area (TPSA) is 43.1 Å². The van der Waals surface area contributed by atoms with E-state index in [1.807, 2.05) is 0 Å². The van der Waals surface area contributed by atoms with Gasteiger partial charge in [-0.3, -0.25) is 4.79 Å². The molecule has 0 atom stereocenters. The third-order valence-electron chi connectivity index (χ3n) is 0. The van der Waals surface area contributed by atoms with E-state index in [0.717, 1.165) is 0 Å². The molecule has 0 rings (SSSR count). The summed E-state index contributed by atoms with van der Waals surface area (Å²) in [5, 5.41) is 0. The number of nitrogens with two attached hydrogens (primary N) is 1. The first-order valence-electron chi connectivity index (χ1n) is 0.993. The Morgan fingerprint density at radius 2 is 1.80 bits per heavy atom. The molecule has 0 aromatic rings. The molecular weight excluding hydrogens is 82.1 g/mol. The van der Waals surface area contributed by atoms with Crippen molar-refractivity contribution >= 4 is 16.9 Å². The van der Waals surface area contributed by atoms with Gasteiger partial charge in [-0.25, -0.2) is 0 Å². The van der Waals surface area contributed by atoms with Crippen molar-refractivity contribution in [3.8, 4) is 0 Å². The van der Waals surface area contributed by atoms with Gasteiger partial charge in [0.25, 0.3) is 0 Å². The van der Waals surface area contributed by atoms with Crippen molar-refractivity contribution in [2.45, 2.75) is 6.92 Å². The normalized spacial score (nSPS) is 5.00. The lowest BCUT2D eigenvalue weighted by atomic mass is 10.8. The van der Waals surface area contributed by atoms with Gasteiger partial charge in [-0.15, -0.1) is 0 Å². The molecule has 0 heterocycles. The average molecular weight is 87.2 g/mol. The molecule has 28 valence electrons. The molecule has 0 saturated carbocycles. The number of hydrogen-bond donors (Lipinski definition) is 1. The fraction of sp³-hybridized carbons (Fsp3) is 0.500.